The molecule has 0 bridgehead atoms. The summed E-state index contributed by atoms with van der Waals surface area (Å²) in [4.78, 5) is 10.5. The maximum Gasteiger partial charge on any atom is 0.303 e. The summed E-state index contributed by atoms with van der Waals surface area (Å²) < 4.78 is 33.7. The zero-order chi connectivity index (χ0) is 18.4. The van der Waals surface area contributed by atoms with Crippen LogP contribution in [0.2, 0.25) is 0 Å². The third-order valence-corrected chi connectivity index (χ3v) is 4.19. The van der Waals surface area contributed by atoms with Crippen molar-refractivity contribution >= 4 is 5.97 Å². The largest absolute Gasteiger partial charge is 0.488 e. The van der Waals surface area contributed by atoms with Gasteiger partial charge in [0.1, 0.15) is 0 Å². The van der Waals surface area contributed by atoms with Gasteiger partial charge in [0.05, 0.1) is 6.61 Å². The van der Waals surface area contributed by atoms with Crippen LogP contribution in [-0.4, -0.2) is 17.7 Å². The molecule has 0 aliphatic rings. The first kappa shape index (κ1) is 18.9. The molecule has 0 fully saturated rings. The van der Waals surface area contributed by atoms with Crippen LogP contribution in [0.15, 0.2) is 36.4 Å². The summed E-state index contributed by atoms with van der Waals surface area (Å²) in [6.45, 7) is 4.09. The maximum atomic E-state index is 14.3. The Balaban J connectivity index is 2.27. The maximum absolute atomic E-state index is 14.3. The Hall–Kier alpha value is -2.43. The lowest BCUT2D eigenvalue weighted by molar-refractivity contribution is -0.137. The van der Waals surface area contributed by atoms with Crippen molar-refractivity contribution in [2.24, 2.45) is 0 Å². The molecule has 0 radical (unpaired) electrons. The number of carboxylic acids is 1. The first-order valence-corrected chi connectivity index (χ1v) is 8.37. The molecule has 1 N–H and O–H groups in total. The average Bonchev–Trinajstić information content (AvgIpc) is 2.59. The highest BCUT2D eigenvalue weighted by molar-refractivity contribution is 5.69. The van der Waals surface area contributed by atoms with Gasteiger partial charge in [-0.2, -0.15) is 0 Å². The second-order valence-corrected chi connectivity index (χ2v) is 6.01. The molecule has 1 atom stereocenters. The van der Waals surface area contributed by atoms with Crippen LogP contribution in [0, 0.1) is 11.6 Å². The van der Waals surface area contributed by atoms with Crippen LogP contribution >= 0.6 is 0 Å². The van der Waals surface area contributed by atoms with Gasteiger partial charge in [-0.05, 0) is 47.6 Å². The normalized spacial score (nSPS) is 12.0. The van der Waals surface area contributed by atoms with E-state index in [1.54, 1.807) is 0 Å². The lowest BCUT2D eigenvalue weighted by atomic mass is 9.90. The average molecular weight is 348 g/mol. The minimum atomic E-state index is -0.971. The Morgan fingerprint density at radius 2 is 1.84 bits per heavy atom. The zero-order valence-electron chi connectivity index (χ0n) is 14.4. The molecule has 0 spiro atoms. The Morgan fingerprint density at radius 1 is 1.20 bits per heavy atom. The standard InChI is InChI=1S/C20H22F2O3/c1-3-13(2)15-7-4-5-8-16(15)14-11-17(21)20(18(22)12-14)25-10-6-9-19(23)24/h4-5,7-8,11-13H,3,6,9-10H2,1-2H3,(H,23,24). The third-order valence-electron chi connectivity index (χ3n) is 4.19. The molecule has 1 unspecified atom stereocenters. The fourth-order valence-corrected chi connectivity index (χ4v) is 2.66. The topological polar surface area (TPSA) is 46.5 Å². The van der Waals surface area contributed by atoms with Gasteiger partial charge in [0.25, 0.3) is 0 Å². The summed E-state index contributed by atoms with van der Waals surface area (Å²) in [6, 6.07) is 10.1. The van der Waals surface area contributed by atoms with Crippen molar-refractivity contribution in [1.82, 2.24) is 0 Å². The Morgan fingerprint density at radius 3 is 2.44 bits per heavy atom. The van der Waals surface area contributed by atoms with Gasteiger partial charge in [0.2, 0.25) is 0 Å². The molecule has 0 aliphatic carbocycles. The molecule has 0 heterocycles. The van der Waals surface area contributed by atoms with Crippen molar-refractivity contribution in [2.75, 3.05) is 6.61 Å². The van der Waals surface area contributed by atoms with Crippen LogP contribution in [0.4, 0.5) is 8.78 Å². The van der Waals surface area contributed by atoms with Crippen LogP contribution in [0.3, 0.4) is 0 Å². The van der Waals surface area contributed by atoms with Gasteiger partial charge in [-0.1, -0.05) is 38.1 Å². The molecule has 25 heavy (non-hydrogen) atoms. The van der Waals surface area contributed by atoms with Gasteiger partial charge in [-0.15, -0.1) is 0 Å². The van der Waals surface area contributed by atoms with E-state index in [-0.39, 0.29) is 25.4 Å². The lowest BCUT2D eigenvalue weighted by Crippen LogP contribution is -2.05. The van der Waals surface area contributed by atoms with Gasteiger partial charge in [0.15, 0.2) is 17.4 Å². The van der Waals surface area contributed by atoms with Crippen molar-refractivity contribution < 1.29 is 23.4 Å². The molecular weight excluding hydrogens is 326 g/mol. The number of aliphatic carboxylic acids is 1. The second kappa shape index (κ2) is 8.60. The Bertz CT molecular complexity index is 720. The number of carboxylic acid groups (broad SMARTS) is 1. The molecule has 0 aliphatic heterocycles. The minimum Gasteiger partial charge on any atom is -0.488 e. The van der Waals surface area contributed by atoms with Crippen LogP contribution < -0.4 is 4.74 Å². The van der Waals surface area contributed by atoms with Crippen LogP contribution in [0.5, 0.6) is 5.75 Å². The summed E-state index contributed by atoms with van der Waals surface area (Å²) >= 11 is 0. The van der Waals surface area contributed by atoms with E-state index in [9.17, 15) is 13.6 Å². The molecule has 2 rings (SSSR count). The van der Waals surface area contributed by atoms with E-state index < -0.39 is 23.4 Å². The first-order valence-electron chi connectivity index (χ1n) is 8.37. The van der Waals surface area contributed by atoms with E-state index in [1.165, 1.54) is 12.1 Å². The number of rotatable bonds is 8. The number of halogens is 2. The van der Waals surface area contributed by atoms with Crippen molar-refractivity contribution in [3.05, 3.63) is 53.6 Å². The van der Waals surface area contributed by atoms with Gasteiger partial charge in [-0.3, -0.25) is 4.79 Å². The summed E-state index contributed by atoms with van der Waals surface area (Å²) in [7, 11) is 0. The number of benzene rings is 2. The van der Waals surface area contributed by atoms with E-state index in [0.29, 0.717) is 5.56 Å². The molecule has 0 amide bonds. The zero-order valence-corrected chi connectivity index (χ0v) is 14.4. The fourth-order valence-electron chi connectivity index (χ4n) is 2.66. The molecule has 3 nitrogen and oxygen atoms in total. The highest BCUT2D eigenvalue weighted by Gasteiger charge is 2.16. The predicted octanol–water partition coefficient (Wildman–Crippen LogP) is 5.39. The number of hydrogen-bond acceptors (Lipinski definition) is 2. The molecule has 0 aromatic heterocycles. The van der Waals surface area contributed by atoms with E-state index in [0.717, 1.165) is 17.5 Å². The van der Waals surface area contributed by atoms with E-state index in [2.05, 4.69) is 13.8 Å². The quantitative estimate of drug-likeness (QED) is 0.651. The Labute approximate surface area is 146 Å². The highest BCUT2D eigenvalue weighted by atomic mass is 19.1. The highest BCUT2D eigenvalue weighted by Crippen LogP contribution is 2.34. The number of ether oxygens (including phenoxy) is 1. The smallest absolute Gasteiger partial charge is 0.303 e. The van der Waals surface area contributed by atoms with Crippen LogP contribution in [0.25, 0.3) is 11.1 Å². The second-order valence-electron chi connectivity index (χ2n) is 6.01. The van der Waals surface area contributed by atoms with Crippen molar-refractivity contribution in [3.8, 4) is 16.9 Å². The molecule has 0 saturated carbocycles. The predicted molar refractivity (Wildman–Crippen MR) is 92.9 cm³/mol. The molecule has 5 heteroatoms. The van der Waals surface area contributed by atoms with Crippen molar-refractivity contribution in [2.45, 2.75) is 39.0 Å². The van der Waals surface area contributed by atoms with E-state index in [4.69, 9.17) is 9.84 Å². The summed E-state index contributed by atoms with van der Waals surface area (Å²) in [5.41, 5.74) is 2.30. The Kier molecular flexibility index (Phi) is 6.51. The van der Waals surface area contributed by atoms with E-state index in [1.807, 2.05) is 24.3 Å². The number of hydrogen-bond donors (Lipinski definition) is 1. The third kappa shape index (κ3) is 4.78. The molecule has 0 saturated heterocycles. The molecule has 2 aromatic rings. The molecule has 134 valence electrons. The SMILES string of the molecule is CCC(C)c1ccccc1-c1cc(F)c(OCCCC(=O)O)c(F)c1. The van der Waals surface area contributed by atoms with Gasteiger partial charge >= 0.3 is 5.97 Å². The van der Waals surface area contributed by atoms with Crippen molar-refractivity contribution in [1.29, 1.82) is 0 Å². The summed E-state index contributed by atoms with van der Waals surface area (Å²) in [5, 5.41) is 8.57. The van der Waals surface area contributed by atoms with Gasteiger partial charge in [0, 0.05) is 6.42 Å². The van der Waals surface area contributed by atoms with Crippen LogP contribution in [-0.2, 0) is 4.79 Å². The first-order chi connectivity index (χ1) is 11.9. The number of carbonyl (C=O) groups is 1. The lowest BCUT2D eigenvalue weighted by Gasteiger charge is -2.16. The van der Waals surface area contributed by atoms with Crippen molar-refractivity contribution in [3.63, 3.8) is 0 Å². The van der Waals surface area contributed by atoms with Crippen LogP contribution in [0.1, 0.15) is 44.6 Å². The van der Waals surface area contributed by atoms with Gasteiger partial charge < -0.3 is 9.84 Å². The fraction of sp³-hybridized carbons (Fsp3) is 0.350. The monoisotopic (exact) mass is 348 g/mol. The minimum absolute atomic E-state index is 0.0526. The van der Waals surface area contributed by atoms with E-state index >= 15 is 0 Å². The molecule has 2 aromatic carbocycles. The summed E-state index contributed by atoms with van der Waals surface area (Å²) in [5.74, 6) is -2.74. The summed E-state index contributed by atoms with van der Waals surface area (Å²) in [6.07, 6.45) is 1.00. The van der Waals surface area contributed by atoms with Gasteiger partial charge in [-0.25, -0.2) is 8.78 Å². The molecular formula is C20H22F2O3.